The molecule has 0 spiro atoms. The molecule has 2 N–H and O–H groups in total. The Hall–Kier alpha value is -1.42. The van der Waals surface area contributed by atoms with Crippen LogP contribution in [0.4, 0.5) is 0 Å². The van der Waals surface area contributed by atoms with E-state index in [1.54, 1.807) is 13.2 Å². The van der Waals surface area contributed by atoms with Crippen LogP contribution in [0.15, 0.2) is 36.4 Å². The Balaban J connectivity index is 1.98. The minimum Gasteiger partial charge on any atom is -0.504 e. The number of halogens is 2. The van der Waals surface area contributed by atoms with Crippen LogP contribution in [0.3, 0.4) is 0 Å². The highest BCUT2D eigenvalue weighted by molar-refractivity contribution is 6.42. The van der Waals surface area contributed by atoms with E-state index < -0.39 is 0 Å². The van der Waals surface area contributed by atoms with E-state index in [2.05, 4.69) is 26.1 Å². The molecule has 0 bridgehead atoms. The molecule has 136 valence electrons. The van der Waals surface area contributed by atoms with E-state index in [1.807, 2.05) is 30.3 Å². The summed E-state index contributed by atoms with van der Waals surface area (Å²) in [6.07, 6.45) is 1.85. The lowest BCUT2D eigenvalue weighted by Crippen LogP contribution is -2.42. The molecule has 0 aromatic heterocycles. The molecule has 0 amide bonds. The number of methoxy groups -OCH3 is 1. The van der Waals surface area contributed by atoms with Gasteiger partial charge < -0.3 is 15.2 Å². The fourth-order valence-corrected chi connectivity index (χ4v) is 3.22. The van der Waals surface area contributed by atoms with Gasteiger partial charge in [0.05, 0.1) is 17.2 Å². The van der Waals surface area contributed by atoms with E-state index in [0.29, 0.717) is 21.8 Å². The summed E-state index contributed by atoms with van der Waals surface area (Å²) in [5, 5.41) is 14.5. The third kappa shape index (κ3) is 5.27. The smallest absolute Gasteiger partial charge is 0.160 e. The first-order valence-electron chi connectivity index (χ1n) is 8.32. The van der Waals surface area contributed by atoms with Crippen LogP contribution in [0.25, 0.3) is 0 Å². The van der Waals surface area contributed by atoms with Crippen molar-refractivity contribution in [1.82, 2.24) is 5.32 Å². The molecular formula is C20H25Cl2NO2. The molecule has 5 heteroatoms. The SMILES string of the molecule is COc1cc(CCC(C)NC(C)(C)c2ccc(Cl)c(Cl)c2)ccc1O. The van der Waals surface area contributed by atoms with Gasteiger partial charge in [0, 0.05) is 11.6 Å². The van der Waals surface area contributed by atoms with Crippen LogP contribution >= 0.6 is 23.2 Å². The van der Waals surface area contributed by atoms with Crippen LogP contribution < -0.4 is 10.1 Å². The number of nitrogens with one attached hydrogen (secondary N) is 1. The zero-order chi connectivity index (χ0) is 18.6. The minimum atomic E-state index is -0.222. The number of phenols is 1. The summed E-state index contributed by atoms with van der Waals surface area (Å²) in [7, 11) is 1.56. The fraction of sp³-hybridized carbons (Fsp3) is 0.400. The van der Waals surface area contributed by atoms with Crippen LogP contribution in [-0.4, -0.2) is 18.3 Å². The third-order valence-corrected chi connectivity index (χ3v) is 5.10. The molecule has 1 atom stereocenters. The van der Waals surface area contributed by atoms with Crippen molar-refractivity contribution in [2.45, 2.75) is 45.2 Å². The Morgan fingerprint density at radius 3 is 2.48 bits per heavy atom. The molecule has 2 aromatic carbocycles. The second-order valence-electron chi connectivity index (χ2n) is 6.84. The molecule has 0 aliphatic rings. The van der Waals surface area contributed by atoms with Crippen molar-refractivity contribution < 1.29 is 9.84 Å². The number of rotatable bonds is 7. The van der Waals surface area contributed by atoms with Crippen LogP contribution in [0.1, 0.15) is 38.3 Å². The Morgan fingerprint density at radius 1 is 1.12 bits per heavy atom. The summed E-state index contributed by atoms with van der Waals surface area (Å²) in [5.74, 6) is 0.674. The van der Waals surface area contributed by atoms with Gasteiger partial charge >= 0.3 is 0 Å². The van der Waals surface area contributed by atoms with Crippen molar-refractivity contribution in [3.05, 3.63) is 57.6 Å². The Labute approximate surface area is 159 Å². The minimum absolute atomic E-state index is 0.165. The second-order valence-corrected chi connectivity index (χ2v) is 7.66. The molecule has 0 aliphatic carbocycles. The van der Waals surface area contributed by atoms with Crippen molar-refractivity contribution in [2.24, 2.45) is 0 Å². The van der Waals surface area contributed by atoms with E-state index in [-0.39, 0.29) is 11.3 Å². The van der Waals surface area contributed by atoms with Crippen molar-refractivity contribution in [3.63, 3.8) is 0 Å². The van der Waals surface area contributed by atoms with E-state index >= 15 is 0 Å². The molecule has 0 fully saturated rings. The number of aromatic hydroxyl groups is 1. The van der Waals surface area contributed by atoms with Gasteiger partial charge in [-0.2, -0.15) is 0 Å². The first kappa shape index (κ1) is 19.9. The summed E-state index contributed by atoms with van der Waals surface area (Å²) in [5.41, 5.74) is 2.01. The van der Waals surface area contributed by atoms with Gasteiger partial charge in [0.1, 0.15) is 0 Å². The summed E-state index contributed by atoms with van der Waals surface area (Å²) in [6, 6.07) is 11.5. The van der Waals surface area contributed by atoms with Gasteiger partial charge in [-0.15, -0.1) is 0 Å². The summed E-state index contributed by atoms with van der Waals surface area (Å²) in [6.45, 7) is 6.43. The molecule has 0 saturated carbocycles. The highest BCUT2D eigenvalue weighted by Crippen LogP contribution is 2.30. The largest absolute Gasteiger partial charge is 0.504 e. The first-order chi connectivity index (χ1) is 11.7. The lowest BCUT2D eigenvalue weighted by molar-refractivity contribution is 0.341. The molecule has 0 aliphatic heterocycles. The molecule has 0 heterocycles. The predicted octanol–water partition coefficient (Wildman–Crippen LogP) is 5.55. The summed E-state index contributed by atoms with van der Waals surface area (Å²) < 4.78 is 5.16. The molecule has 2 rings (SSSR count). The lowest BCUT2D eigenvalue weighted by Gasteiger charge is -2.31. The molecule has 0 saturated heterocycles. The number of hydrogen-bond donors (Lipinski definition) is 2. The average molecular weight is 382 g/mol. The van der Waals surface area contributed by atoms with Crippen molar-refractivity contribution in [1.29, 1.82) is 0 Å². The highest BCUT2D eigenvalue weighted by Gasteiger charge is 2.23. The topological polar surface area (TPSA) is 41.5 Å². The maximum Gasteiger partial charge on any atom is 0.160 e. The quantitative estimate of drug-likeness (QED) is 0.659. The van der Waals surface area contributed by atoms with Crippen molar-refractivity contribution >= 4 is 23.2 Å². The van der Waals surface area contributed by atoms with Gasteiger partial charge in [-0.1, -0.05) is 35.3 Å². The summed E-state index contributed by atoms with van der Waals surface area (Å²) >= 11 is 12.2. The average Bonchev–Trinajstić information content (AvgIpc) is 2.56. The number of benzene rings is 2. The number of phenolic OH excluding ortho intramolecular Hbond substituents is 1. The third-order valence-electron chi connectivity index (χ3n) is 4.36. The Morgan fingerprint density at radius 2 is 1.84 bits per heavy atom. The standard InChI is InChI=1S/C20H25Cl2NO2/c1-13(5-6-14-7-10-18(24)19(11-14)25-4)23-20(2,3)15-8-9-16(21)17(22)12-15/h7-13,23-24H,5-6H2,1-4H3. The zero-order valence-corrected chi connectivity index (χ0v) is 16.6. The number of aryl methyl sites for hydroxylation is 1. The predicted molar refractivity (Wildman–Crippen MR) is 105 cm³/mol. The summed E-state index contributed by atoms with van der Waals surface area (Å²) in [4.78, 5) is 0. The first-order valence-corrected chi connectivity index (χ1v) is 9.07. The van der Waals surface area contributed by atoms with Crippen molar-refractivity contribution in [2.75, 3.05) is 7.11 Å². The van der Waals surface area contributed by atoms with Gasteiger partial charge in [-0.3, -0.25) is 0 Å². The Bertz CT molecular complexity index is 732. The van der Waals surface area contributed by atoms with Crippen LogP contribution in [-0.2, 0) is 12.0 Å². The zero-order valence-electron chi connectivity index (χ0n) is 15.1. The maximum atomic E-state index is 9.68. The molecular weight excluding hydrogens is 357 g/mol. The van der Waals surface area contributed by atoms with Crippen LogP contribution in [0, 0.1) is 0 Å². The fourth-order valence-electron chi connectivity index (χ4n) is 2.92. The van der Waals surface area contributed by atoms with E-state index in [0.717, 1.165) is 24.0 Å². The molecule has 3 nitrogen and oxygen atoms in total. The van der Waals surface area contributed by atoms with E-state index in [1.165, 1.54) is 0 Å². The van der Waals surface area contributed by atoms with Gasteiger partial charge in [0.2, 0.25) is 0 Å². The van der Waals surface area contributed by atoms with Gasteiger partial charge in [-0.05, 0) is 69.0 Å². The normalized spacial score (nSPS) is 12.9. The monoisotopic (exact) mass is 381 g/mol. The number of hydrogen-bond acceptors (Lipinski definition) is 3. The van der Waals surface area contributed by atoms with Gasteiger partial charge in [-0.25, -0.2) is 0 Å². The molecule has 1 unspecified atom stereocenters. The molecule has 25 heavy (non-hydrogen) atoms. The second kappa shape index (κ2) is 8.31. The van der Waals surface area contributed by atoms with E-state index in [4.69, 9.17) is 27.9 Å². The van der Waals surface area contributed by atoms with Gasteiger partial charge in [0.15, 0.2) is 11.5 Å². The van der Waals surface area contributed by atoms with Crippen LogP contribution in [0.5, 0.6) is 11.5 Å². The van der Waals surface area contributed by atoms with Crippen molar-refractivity contribution in [3.8, 4) is 11.5 Å². The Kier molecular flexibility index (Phi) is 6.61. The number of ether oxygens (including phenoxy) is 1. The maximum absolute atomic E-state index is 9.68. The molecule has 0 radical (unpaired) electrons. The van der Waals surface area contributed by atoms with Crippen LogP contribution in [0.2, 0.25) is 10.0 Å². The van der Waals surface area contributed by atoms with E-state index in [9.17, 15) is 5.11 Å². The lowest BCUT2D eigenvalue weighted by atomic mass is 9.92. The van der Waals surface area contributed by atoms with Gasteiger partial charge in [0.25, 0.3) is 0 Å². The molecule has 2 aromatic rings. The highest BCUT2D eigenvalue weighted by atomic mass is 35.5.